The third-order valence-corrected chi connectivity index (χ3v) is 7.72. The maximum atomic E-state index is 13.5. The highest BCUT2D eigenvalue weighted by Gasteiger charge is 2.42. The smallest absolute Gasteiger partial charge is 0.419 e. The first-order valence-corrected chi connectivity index (χ1v) is 13.2. The number of ether oxygens (including phenoxy) is 2. The van der Waals surface area contributed by atoms with E-state index in [0.717, 1.165) is 11.6 Å². The van der Waals surface area contributed by atoms with Crippen LogP contribution in [0.25, 0.3) is 38.8 Å². The van der Waals surface area contributed by atoms with Gasteiger partial charge in [0.25, 0.3) is 0 Å². The first-order chi connectivity index (χ1) is 20.0. The van der Waals surface area contributed by atoms with Crippen molar-refractivity contribution in [1.82, 2.24) is 19.1 Å². The molecule has 12 heteroatoms. The van der Waals surface area contributed by atoms with Crippen molar-refractivity contribution in [2.75, 3.05) is 25.6 Å². The molecule has 9 nitrogen and oxygen atoms in total. The van der Waals surface area contributed by atoms with Gasteiger partial charge in [-0.3, -0.25) is 18.9 Å². The van der Waals surface area contributed by atoms with Gasteiger partial charge in [-0.25, -0.2) is 9.78 Å². The van der Waals surface area contributed by atoms with Crippen LogP contribution in [0.3, 0.4) is 0 Å². The quantitative estimate of drug-likeness (QED) is 0.290. The van der Waals surface area contributed by atoms with Crippen LogP contribution in [-0.2, 0) is 32.9 Å². The molecule has 0 amide bonds. The van der Waals surface area contributed by atoms with E-state index in [0.29, 0.717) is 53.0 Å². The normalized spacial score (nSPS) is 14.7. The Bertz CT molecular complexity index is 1910. The zero-order valence-electron chi connectivity index (χ0n) is 22.7. The molecule has 0 bridgehead atoms. The average Bonchev–Trinajstić information content (AvgIpc) is 3.20. The summed E-state index contributed by atoms with van der Waals surface area (Å²) in [5.74, 6) is -0.905. The van der Waals surface area contributed by atoms with Crippen molar-refractivity contribution in [3.8, 4) is 16.8 Å². The van der Waals surface area contributed by atoms with Crippen molar-refractivity contribution in [2.24, 2.45) is 7.05 Å². The predicted molar refractivity (Wildman–Crippen MR) is 150 cm³/mol. The molecule has 2 N–H and O–H groups in total. The second kappa shape index (κ2) is 9.98. The van der Waals surface area contributed by atoms with Gasteiger partial charge in [0, 0.05) is 24.2 Å². The molecule has 0 atom stereocenters. The van der Waals surface area contributed by atoms with Gasteiger partial charge in [0.05, 0.1) is 65.7 Å². The third-order valence-electron chi connectivity index (χ3n) is 7.72. The van der Waals surface area contributed by atoms with E-state index >= 15 is 0 Å². The Balaban J connectivity index is 1.48. The summed E-state index contributed by atoms with van der Waals surface area (Å²) < 4.78 is 54.2. The van der Waals surface area contributed by atoms with Crippen molar-refractivity contribution >= 4 is 33.7 Å². The molecule has 2 aromatic carbocycles. The standard InChI is InChI=1S/C30H26F3N5O4/c1-3-42-25(39)12-29(15-41-16-29)19-5-7-20(8-6-19)38-26-21-10-17(18-11-22(30(31,32)33)27(34)36-13-18)4-9-23(21)35-14-24(26)37(2)28(38)40/h4-11,13-14H,3,12,15-16H2,1-2H3,(H2,34,36). The third kappa shape index (κ3) is 4.48. The van der Waals surface area contributed by atoms with Crippen molar-refractivity contribution in [1.29, 1.82) is 0 Å². The highest BCUT2D eigenvalue weighted by atomic mass is 19.4. The minimum absolute atomic E-state index is 0.184. The first kappa shape index (κ1) is 27.5. The van der Waals surface area contributed by atoms with Gasteiger partial charge in [0.2, 0.25) is 0 Å². The number of halogens is 3. The lowest BCUT2D eigenvalue weighted by Gasteiger charge is -2.41. The lowest BCUT2D eigenvalue weighted by Crippen LogP contribution is -2.48. The predicted octanol–water partition coefficient (Wildman–Crippen LogP) is 4.76. The van der Waals surface area contributed by atoms with Gasteiger partial charge in [-0.05, 0) is 48.4 Å². The second-order valence-electron chi connectivity index (χ2n) is 10.4. The summed E-state index contributed by atoms with van der Waals surface area (Å²) in [5, 5.41) is 0.573. The van der Waals surface area contributed by atoms with Crippen LogP contribution in [0.5, 0.6) is 0 Å². The lowest BCUT2D eigenvalue weighted by atomic mass is 9.76. The van der Waals surface area contributed by atoms with Crippen molar-refractivity contribution in [3.63, 3.8) is 0 Å². The minimum atomic E-state index is -4.66. The number of carbonyl (C=O) groups is 1. The molecular formula is C30H26F3N5O4. The van der Waals surface area contributed by atoms with Crippen molar-refractivity contribution < 1.29 is 27.4 Å². The number of hydrogen-bond donors (Lipinski definition) is 1. The number of pyridine rings is 2. The van der Waals surface area contributed by atoms with Gasteiger partial charge in [-0.1, -0.05) is 18.2 Å². The molecule has 0 radical (unpaired) electrons. The summed E-state index contributed by atoms with van der Waals surface area (Å²) in [5.41, 5.74) is 7.46. The number of esters is 1. The van der Waals surface area contributed by atoms with Gasteiger partial charge >= 0.3 is 17.8 Å². The highest BCUT2D eigenvalue weighted by molar-refractivity contribution is 6.04. The molecule has 0 spiro atoms. The van der Waals surface area contributed by atoms with Crippen LogP contribution in [0, 0.1) is 0 Å². The maximum absolute atomic E-state index is 13.5. The second-order valence-corrected chi connectivity index (χ2v) is 10.4. The number of rotatable bonds is 6. The number of hydrogen-bond acceptors (Lipinski definition) is 7. The number of nitrogens with two attached hydrogens (primary N) is 1. The van der Waals surface area contributed by atoms with E-state index in [1.54, 1.807) is 55.1 Å². The SMILES string of the molecule is CCOC(=O)CC1(c2ccc(-n3c(=O)n(C)c4cnc5ccc(-c6cnc(N)c(C(F)(F)F)c6)cc5c43)cc2)COC1. The topological polar surface area (TPSA) is 114 Å². The highest BCUT2D eigenvalue weighted by Crippen LogP contribution is 2.38. The molecule has 6 rings (SSSR count). The van der Waals surface area contributed by atoms with Crippen LogP contribution < -0.4 is 11.4 Å². The van der Waals surface area contributed by atoms with Crippen LogP contribution >= 0.6 is 0 Å². The molecule has 3 aromatic heterocycles. The zero-order valence-corrected chi connectivity index (χ0v) is 22.7. The fraction of sp³-hybridized carbons (Fsp3) is 0.267. The van der Waals surface area contributed by atoms with Crippen molar-refractivity contribution in [3.05, 3.63) is 82.5 Å². The van der Waals surface area contributed by atoms with Crippen LogP contribution in [0.1, 0.15) is 24.5 Å². The number of nitrogen functional groups attached to an aromatic ring is 1. The molecule has 216 valence electrons. The van der Waals surface area contributed by atoms with E-state index in [9.17, 15) is 22.8 Å². The number of benzene rings is 2. The zero-order chi connectivity index (χ0) is 29.8. The summed E-state index contributed by atoms with van der Waals surface area (Å²) in [6.07, 6.45) is -1.60. The van der Waals surface area contributed by atoms with E-state index in [4.69, 9.17) is 15.2 Å². The minimum Gasteiger partial charge on any atom is -0.466 e. The summed E-state index contributed by atoms with van der Waals surface area (Å²) in [6, 6.07) is 13.3. The Labute approximate surface area is 237 Å². The Morgan fingerprint density at radius 1 is 1.07 bits per heavy atom. The largest absolute Gasteiger partial charge is 0.466 e. The van der Waals surface area contributed by atoms with Crippen LogP contribution in [0.2, 0.25) is 0 Å². The van der Waals surface area contributed by atoms with Gasteiger partial charge in [0.1, 0.15) is 5.82 Å². The molecule has 1 saturated heterocycles. The molecule has 5 aromatic rings. The number of aryl methyl sites for hydroxylation is 1. The van der Waals surface area contributed by atoms with Crippen LogP contribution in [0.15, 0.2) is 65.7 Å². The number of imidazole rings is 1. The number of anilines is 1. The molecule has 0 aliphatic carbocycles. The van der Waals surface area contributed by atoms with Gasteiger partial charge in [0.15, 0.2) is 0 Å². The molecular weight excluding hydrogens is 551 g/mol. The Hall–Kier alpha value is -4.71. The fourth-order valence-corrected chi connectivity index (χ4v) is 5.45. The number of fused-ring (bicyclic) bond motifs is 3. The Morgan fingerprint density at radius 2 is 1.81 bits per heavy atom. The summed E-state index contributed by atoms with van der Waals surface area (Å²) >= 11 is 0. The fourth-order valence-electron chi connectivity index (χ4n) is 5.45. The van der Waals surface area contributed by atoms with Gasteiger partial charge in [-0.15, -0.1) is 0 Å². The van der Waals surface area contributed by atoms with E-state index in [1.807, 2.05) is 12.1 Å². The Kier molecular flexibility index (Phi) is 6.53. The molecule has 1 aliphatic heterocycles. The van der Waals surface area contributed by atoms with Crippen molar-refractivity contribution in [2.45, 2.75) is 24.9 Å². The summed E-state index contributed by atoms with van der Waals surface area (Å²) in [7, 11) is 1.63. The van der Waals surface area contributed by atoms with Gasteiger partial charge in [-0.2, -0.15) is 13.2 Å². The lowest BCUT2D eigenvalue weighted by molar-refractivity contribution is -0.151. The first-order valence-electron chi connectivity index (χ1n) is 13.2. The molecule has 0 saturated carbocycles. The summed E-state index contributed by atoms with van der Waals surface area (Å²) in [6.45, 7) is 2.82. The van der Waals surface area contributed by atoms with E-state index < -0.39 is 23.0 Å². The molecule has 1 fully saturated rings. The Morgan fingerprint density at radius 3 is 2.45 bits per heavy atom. The van der Waals surface area contributed by atoms with E-state index in [1.165, 1.54) is 10.8 Å². The van der Waals surface area contributed by atoms with E-state index in [2.05, 4.69) is 9.97 Å². The average molecular weight is 578 g/mol. The molecule has 4 heterocycles. The monoisotopic (exact) mass is 577 g/mol. The van der Waals surface area contributed by atoms with Crippen LogP contribution in [0.4, 0.5) is 19.0 Å². The summed E-state index contributed by atoms with van der Waals surface area (Å²) in [4.78, 5) is 34.0. The van der Waals surface area contributed by atoms with Gasteiger partial charge < -0.3 is 15.2 Å². The molecule has 1 aliphatic rings. The van der Waals surface area contributed by atoms with E-state index in [-0.39, 0.29) is 23.6 Å². The number of nitrogens with zero attached hydrogens (tertiary/aromatic N) is 4. The number of alkyl halides is 3. The molecule has 42 heavy (non-hydrogen) atoms. The number of carbonyl (C=O) groups excluding carboxylic acids is 1. The van der Waals surface area contributed by atoms with Crippen LogP contribution in [-0.4, -0.2) is 44.9 Å². The molecule has 0 unspecified atom stereocenters. The maximum Gasteiger partial charge on any atom is 0.419 e. The number of aromatic nitrogens is 4.